The fourth-order valence-electron chi connectivity index (χ4n) is 10.9. The summed E-state index contributed by atoms with van der Waals surface area (Å²) in [6, 6.07) is 19.4. The van der Waals surface area contributed by atoms with Crippen molar-refractivity contribution < 1.29 is 43.8 Å². The van der Waals surface area contributed by atoms with Gasteiger partial charge in [0.2, 0.25) is 35.4 Å². The molecule has 426 valence electrons. The Bertz CT molecular complexity index is 2590. The van der Waals surface area contributed by atoms with Gasteiger partial charge >= 0.3 is 0 Å². The lowest BCUT2D eigenvalue weighted by atomic mass is 9.85. The van der Waals surface area contributed by atoms with Crippen LogP contribution in [0.25, 0.3) is 0 Å². The summed E-state index contributed by atoms with van der Waals surface area (Å²) in [6.07, 6.45) is 4.29. The molecule has 3 unspecified atom stereocenters. The van der Waals surface area contributed by atoms with E-state index in [9.17, 15) is 43.8 Å². The topological polar surface area (TPSA) is 239 Å². The van der Waals surface area contributed by atoms with Crippen LogP contribution in [0.5, 0.6) is 0 Å². The Balaban J connectivity index is 1.29. The number of aryl methyl sites for hydroxylation is 2. The summed E-state index contributed by atoms with van der Waals surface area (Å²) in [5.41, 5.74) is 5.45. The first kappa shape index (κ1) is 61.6. The molecule has 6 rings (SSSR count). The van der Waals surface area contributed by atoms with Gasteiger partial charge in [0.1, 0.15) is 18.1 Å². The van der Waals surface area contributed by atoms with Crippen LogP contribution >= 0.6 is 11.8 Å². The minimum absolute atomic E-state index is 0.0827. The van der Waals surface area contributed by atoms with Gasteiger partial charge in [-0.2, -0.15) is 0 Å². The van der Waals surface area contributed by atoms with Gasteiger partial charge in [-0.05, 0) is 132 Å². The van der Waals surface area contributed by atoms with Gasteiger partial charge in [0, 0.05) is 43.1 Å². The second-order valence-electron chi connectivity index (χ2n) is 23.3. The number of hydrogen-bond donors (Lipinski definition) is 8. The number of likely N-dealkylation sites (N-methyl/N-ethyl adjacent to an activating group) is 3. The highest BCUT2D eigenvalue weighted by atomic mass is 32.2. The molecule has 0 radical (unpaired) electrons. The summed E-state index contributed by atoms with van der Waals surface area (Å²) in [5, 5.41) is 37.7. The predicted octanol–water partition coefficient (Wildman–Crippen LogP) is 4.43. The molecule has 1 aliphatic heterocycles. The standard InChI is InChI=1S/C60H86N8O9S/c1-36(61-8)54(73)65-52(60(6,7)78-35-51(72)67(10)33-44(70)34-69)50(71)31-42(56(75)63-47-23-15-19-40-17-11-13-21-45(40)47)29-38-25-27-39(28-26-38)43-30-49(57(76)64-48-24-16-20-41-18-12-14-22-46(41)48)68(32-43)58(77)53(59(3,4)5)66-55(74)37(2)62-9/h11-14,17-18,21-22,25-28,36-37,42-44,47-49,52-53,61-62,69-70H,15-16,19-20,23-24,29-35H2,1-10H3,(H,63,75)(H,64,76)(H,65,73)(H,66,74)/t36-,37-,42+,43?,44+,47?,48?,49-,52+,53+/m0/s1. The average molecular weight is 1100 g/mol. The Morgan fingerprint density at radius 2 is 1.28 bits per heavy atom. The van der Waals surface area contributed by atoms with Crippen LogP contribution in [-0.4, -0.2) is 149 Å². The Labute approximate surface area is 466 Å². The largest absolute Gasteiger partial charge is 0.394 e. The van der Waals surface area contributed by atoms with Gasteiger partial charge in [0.15, 0.2) is 5.78 Å². The third-order valence-corrected chi connectivity index (χ3v) is 17.4. The number of benzene rings is 3. The van der Waals surface area contributed by atoms with Crippen LogP contribution in [-0.2, 0) is 52.8 Å². The number of amides is 6. The third kappa shape index (κ3) is 15.8. The molecule has 3 aromatic rings. The fourth-order valence-corrected chi connectivity index (χ4v) is 12.0. The van der Waals surface area contributed by atoms with Gasteiger partial charge in [-0.1, -0.05) is 93.6 Å². The number of aliphatic hydroxyl groups excluding tert-OH is 2. The van der Waals surface area contributed by atoms with Crippen molar-refractivity contribution in [3.05, 3.63) is 106 Å². The Morgan fingerprint density at radius 3 is 1.82 bits per heavy atom. The lowest BCUT2D eigenvalue weighted by Crippen LogP contribution is -2.59. The lowest BCUT2D eigenvalue weighted by molar-refractivity contribution is -0.144. The molecule has 3 aliphatic rings. The Hall–Kier alpha value is -5.66. The molecule has 2 aliphatic carbocycles. The highest BCUT2D eigenvalue weighted by Crippen LogP contribution is 2.38. The zero-order valence-corrected chi connectivity index (χ0v) is 48.3. The van der Waals surface area contributed by atoms with Crippen molar-refractivity contribution in [1.82, 2.24) is 41.7 Å². The molecular weight excluding hydrogens is 1010 g/mol. The summed E-state index contributed by atoms with van der Waals surface area (Å²) in [6.45, 7) is 12.3. The number of nitrogens with zero attached hydrogens (tertiary/aromatic N) is 2. The van der Waals surface area contributed by atoms with E-state index in [4.69, 9.17) is 0 Å². The number of fused-ring (bicyclic) bond motifs is 2. The van der Waals surface area contributed by atoms with E-state index in [2.05, 4.69) is 50.1 Å². The zero-order valence-electron chi connectivity index (χ0n) is 47.4. The number of nitrogens with one attached hydrogen (secondary N) is 6. The second kappa shape index (κ2) is 27.5. The van der Waals surface area contributed by atoms with E-state index in [-0.39, 0.29) is 85.0 Å². The van der Waals surface area contributed by atoms with Crippen molar-refractivity contribution in [2.24, 2.45) is 11.3 Å². The van der Waals surface area contributed by atoms with Gasteiger partial charge < -0.3 is 51.9 Å². The second-order valence-corrected chi connectivity index (χ2v) is 25.0. The summed E-state index contributed by atoms with van der Waals surface area (Å²) >= 11 is 1.18. The summed E-state index contributed by atoms with van der Waals surface area (Å²) < 4.78 is -1.05. The van der Waals surface area contributed by atoms with E-state index in [1.54, 1.807) is 46.7 Å². The van der Waals surface area contributed by atoms with Crippen LogP contribution in [0, 0.1) is 11.3 Å². The number of thioether (sulfide) groups is 1. The van der Waals surface area contributed by atoms with Gasteiger partial charge in [0.25, 0.3) is 0 Å². The van der Waals surface area contributed by atoms with Crippen LogP contribution in [0.2, 0.25) is 0 Å². The molecule has 18 heteroatoms. The molecule has 17 nitrogen and oxygen atoms in total. The maximum atomic E-state index is 14.9. The highest BCUT2D eigenvalue weighted by Gasteiger charge is 2.46. The van der Waals surface area contributed by atoms with Crippen LogP contribution in [0.1, 0.15) is 138 Å². The van der Waals surface area contributed by atoms with Crippen LogP contribution < -0.4 is 31.9 Å². The number of hydrogen-bond acceptors (Lipinski definition) is 12. The van der Waals surface area contributed by atoms with Gasteiger partial charge in [0.05, 0.1) is 42.6 Å². The number of rotatable bonds is 24. The molecule has 0 aromatic heterocycles. The molecule has 0 saturated carbocycles. The third-order valence-electron chi connectivity index (χ3n) is 16.1. The summed E-state index contributed by atoms with van der Waals surface area (Å²) in [5.74, 6) is -3.59. The predicted molar refractivity (Wildman–Crippen MR) is 304 cm³/mol. The summed E-state index contributed by atoms with van der Waals surface area (Å²) in [7, 11) is 4.83. The molecule has 1 heterocycles. The monoisotopic (exact) mass is 1090 g/mol. The van der Waals surface area contributed by atoms with Crippen LogP contribution in [0.3, 0.4) is 0 Å². The number of carbonyl (C=O) groups is 7. The number of Topliss-reactive ketones (excluding diaryl/α,β-unsaturated/α-hetero) is 1. The maximum absolute atomic E-state index is 14.9. The first-order valence-electron chi connectivity index (χ1n) is 27.8. The smallest absolute Gasteiger partial charge is 0.246 e. The van der Waals surface area contributed by atoms with E-state index < -0.39 is 64.9 Å². The van der Waals surface area contributed by atoms with Crippen molar-refractivity contribution in [3.8, 4) is 0 Å². The van der Waals surface area contributed by atoms with Crippen LogP contribution in [0.15, 0.2) is 72.8 Å². The normalized spacial score (nSPS) is 20.6. The molecule has 0 spiro atoms. The van der Waals surface area contributed by atoms with Crippen molar-refractivity contribution >= 4 is 53.0 Å². The minimum atomic E-state index is -1.12. The van der Waals surface area contributed by atoms with Crippen molar-refractivity contribution in [2.45, 2.75) is 165 Å². The first-order chi connectivity index (χ1) is 37.0. The first-order valence-corrected chi connectivity index (χ1v) is 28.7. The van der Waals surface area contributed by atoms with E-state index in [0.29, 0.717) is 6.42 Å². The van der Waals surface area contributed by atoms with E-state index in [1.807, 2.05) is 75.4 Å². The molecule has 1 fully saturated rings. The van der Waals surface area contributed by atoms with Crippen molar-refractivity contribution in [2.75, 3.05) is 46.6 Å². The molecule has 10 atom stereocenters. The minimum Gasteiger partial charge on any atom is -0.394 e. The number of likely N-dealkylation sites (tertiary alicyclic amines) is 1. The van der Waals surface area contributed by atoms with Gasteiger partial charge in [-0.3, -0.25) is 33.6 Å². The van der Waals surface area contributed by atoms with Gasteiger partial charge in [-0.25, -0.2) is 0 Å². The van der Waals surface area contributed by atoms with E-state index in [1.165, 1.54) is 29.3 Å². The average Bonchev–Trinajstić information content (AvgIpc) is 3.91. The fraction of sp³-hybridized carbons (Fsp3) is 0.583. The number of carbonyl (C=O) groups excluding carboxylic acids is 7. The van der Waals surface area contributed by atoms with E-state index in [0.717, 1.165) is 66.3 Å². The van der Waals surface area contributed by atoms with Crippen molar-refractivity contribution in [3.63, 3.8) is 0 Å². The molecular formula is C60H86N8O9S. The molecule has 8 N–H and O–H groups in total. The quantitative estimate of drug-likeness (QED) is 0.0622. The van der Waals surface area contributed by atoms with Crippen molar-refractivity contribution in [1.29, 1.82) is 0 Å². The molecule has 3 aromatic carbocycles. The number of aliphatic hydroxyl groups is 2. The Morgan fingerprint density at radius 1 is 0.744 bits per heavy atom. The Kier molecular flexibility index (Phi) is 21.7. The van der Waals surface area contributed by atoms with Gasteiger partial charge in [-0.15, -0.1) is 11.8 Å². The van der Waals surface area contributed by atoms with E-state index >= 15 is 0 Å². The van der Waals surface area contributed by atoms with Crippen LogP contribution in [0.4, 0.5) is 0 Å². The molecule has 0 bridgehead atoms. The summed E-state index contributed by atoms with van der Waals surface area (Å²) in [4.78, 5) is 102. The maximum Gasteiger partial charge on any atom is 0.246 e. The SMILES string of the molecule is CN[C@@H](C)C(=O)N[C@H](C(=O)N1CC(c2ccc(C[C@H](CC(=O)[C@@H](NC(=O)[C@H](C)NC)C(C)(C)SCC(=O)N(C)C[C@@H](O)CO)C(=O)NC3CCCc4ccccc43)cc2)C[C@H]1C(=O)NC1CCCc2ccccc21)C(C)(C)C. The molecule has 1 saturated heterocycles. The molecule has 78 heavy (non-hydrogen) atoms. The molecule has 6 amide bonds. The lowest BCUT2D eigenvalue weighted by Gasteiger charge is -2.36. The zero-order chi connectivity index (χ0) is 57.1. The number of ketones is 1. The highest BCUT2D eigenvalue weighted by molar-refractivity contribution is 8.01.